The molecule has 114 valence electrons. The number of hydrogen-bond donors (Lipinski definition) is 0. The molecule has 0 spiro atoms. The van der Waals surface area contributed by atoms with E-state index in [4.69, 9.17) is 0 Å². The summed E-state index contributed by atoms with van der Waals surface area (Å²) in [4.78, 5) is 29.1. The molecule has 3 aromatic rings. The SMILES string of the molecule is O=C(Cn1ccsc1=NC(=O)c1ccccc1)c1ccccc1. The van der Waals surface area contributed by atoms with Crippen LogP contribution in [0.5, 0.6) is 0 Å². The number of benzene rings is 2. The predicted molar refractivity (Wildman–Crippen MR) is 89.4 cm³/mol. The van der Waals surface area contributed by atoms with Gasteiger partial charge in [-0.1, -0.05) is 48.5 Å². The van der Waals surface area contributed by atoms with Crippen LogP contribution >= 0.6 is 11.3 Å². The van der Waals surface area contributed by atoms with Crippen LogP contribution in [0.2, 0.25) is 0 Å². The van der Waals surface area contributed by atoms with E-state index in [9.17, 15) is 9.59 Å². The number of hydrogen-bond acceptors (Lipinski definition) is 3. The summed E-state index contributed by atoms with van der Waals surface area (Å²) in [6, 6.07) is 18.0. The average molecular weight is 322 g/mol. The maximum absolute atomic E-state index is 12.3. The van der Waals surface area contributed by atoms with Gasteiger partial charge in [-0.3, -0.25) is 9.59 Å². The Morgan fingerprint density at radius 2 is 1.52 bits per heavy atom. The molecule has 0 saturated heterocycles. The first-order valence-electron chi connectivity index (χ1n) is 7.10. The molecule has 0 fully saturated rings. The summed E-state index contributed by atoms with van der Waals surface area (Å²) in [6.45, 7) is 0.161. The van der Waals surface area contributed by atoms with Gasteiger partial charge in [0, 0.05) is 22.7 Å². The highest BCUT2D eigenvalue weighted by atomic mass is 32.1. The number of thiazole rings is 1. The van der Waals surface area contributed by atoms with Crippen molar-refractivity contribution in [3.63, 3.8) is 0 Å². The number of nitrogens with zero attached hydrogens (tertiary/aromatic N) is 2. The molecule has 23 heavy (non-hydrogen) atoms. The lowest BCUT2D eigenvalue weighted by Crippen LogP contribution is -2.21. The molecule has 3 rings (SSSR count). The van der Waals surface area contributed by atoms with Gasteiger partial charge in [0.2, 0.25) is 0 Å². The Hall–Kier alpha value is -2.79. The van der Waals surface area contributed by atoms with Crippen molar-refractivity contribution in [3.05, 3.63) is 88.2 Å². The highest BCUT2D eigenvalue weighted by Crippen LogP contribution is 2.03. The van der Waals surface area contributed by atoms with Crippen molar-refractivity contribution in [1.29, 1.82) is 0 Å². The fraction of sp³-hybridized carbons (Fsp3) is 0.0556. The molecule has 0 radical (unpaired) electrons. The molecule has 4 nitrogen and oxygen atoms in total. The lowest BCUT2D eigenvalue weighted by Gasteiger charge is -2.02. The van der Waals surface area contributed by atoms with Gasteiger partial charge in [0.15, 0.2) is 10.6 Å². The van der Waals surface area contributed by atoms with E-state index in [0.29, 0.717) is 15.9 Å². The Labute approximate surface area is 137 Å². The van der Waals surface area contributed by atoms with E-state index in [1.807, 2.05) is 29.6 Å². The number of rotatable bonds is 4. The maximum atomic E-state index is 12.3. The number of aromatic nitrogens is 1. The molecule has 2 aromatic carbocycles. The smallest absolute Gasteiger partial charge is 0.279 e. The zero-order chi connectivity index (χ0) is 16.1. The third-order valence-electron chi connectivity index (χ3n) is 3.29. The van der Waals surface area contributed by atoms with Gasteiger partial charge in [-0.2, -0.15) is 4.99 Å². The second-order valence-electron chi connectivity index (χ2n) is 4.89. The lowest BCUT2D eigenvalue weighted by molar-refractivity contribution is 0.0963. The molecular formula is C18H14N2O2S. The molecule has 0 aliphatic heterocycles. The van der Waals surface area contributed by atoms with Crippen LogP contribution in [0.15, 0.2) is 77.2 Å². The largest absolute Gasteiger partial charge is 0.316 e. The van der Waals surface area contributed by atoms with E-state index in [0.717, 1.165) is 0 Å². The number of Topliss-reactive ketones (excluding diaryl/α,β-unsaturated/α-hetero) is 1. The fourth-order valence-electron chi connectivity index (χ4n) is 2.11. The minimum Gasteiger partial charge on any atom is -0.316 e. The molecule has 0 aliphatic carbocycles. The van der Waals surface area contributed by atoms with Gasteiger partial charge >= 0.3 is 0 Å². The van der Waals surface area contributed by atoms with Gasteiger partial charge in [0.25, 0.3) is 5.91 Å². The summed E-state index contributed by atoms with van der Waals surface area (Å²) < 4.78 is 1.70. The number of ketones is 1. The Balaban J connectivity index is 1.84. The van der Waals surface area contributed by atoms with Crippen LogP contribution in [0.4, 0.5) is 0 Å². The van der Waals surface area contributed by atoms with Crippen LogP contribution in [-0.4, -0.2) is 16.3 Å². The normalized spacial score (nSPS) is 11.4. The third kappa shape index (κ3) is 3.70. The Morgan fingerprint density at radius 1 is 0.913 bits per heavy atom. The molecule has 1 heterocycles. The predicted octanol–water partition coefficient (Wildman–Crippen LogP) is 3.17. The Morgan fingerprint density at radius 3 is 2.17 bits per heavy atom. The average Bonchev–Trinajstić information content (AvgIpc) is 3.03. The summed E-state index contributed by atoms with van der Waals surface area (Å²) in [6.07, 6.45) is 1.77. The van der Waals surface area contributed by atoms with Gasteiger partial charge < -0.3 is 4.57 Å². The first-order valence-corrected chi connectivity index (χ1v) is 7.98. The van der Waals surface area contributed by atoms with Gasteiger partial charge in [0.05, 0.1) is 6.54 Å². The molecule has 0 aliphatic rings. The van der Waals surface area contributed by atoms with E-state index in [2.05, 4.69) is 4.99 Å². The van der Waals surface area contributed by atoms with Crippen molar-refractivity contribution < 1.29 is 9.59 Å². The Kier molecular flexibility index (Phi) is 4.59. The van der Waals surface area contributed by atoms with Crippen molar-refractivity contribution in [1.82, 2.24) is 4.57 Å². The molecule has 0 atom stereocenters. The summed E-state index contributed by atoms with van der Waals surface area (Å²) in [7, 11) is 0. The van der Waals surface area contributed by atoms with Crippen molar-refractivity contribution in [2.24, 2.45) is 4.99 Å². The molecule has 1 amide bonds. The van der Waals surface area contributed by atoms with E-state index in [1.54, 1.807) is 47.2 Å². The summed E-state index contributed by atoms with van der Waals surface area (Å²) in [5.41, 5.74) is 1.17. The van der Waals surface area contributed by atoms with Gasteiger partial charge in [-0.05, 0) is 12.1 Å². The second-order valence-corrected chi connectivity index (χ2v) is 5.76. The maximum Gasteiger partial charge on any atom is 0.279 e. The van der Waals surface area contributed by atoms with Crippen LogP contribution in [0.25, 0.3) is 0 Å². The standard InChI is InChI=1S/C18H14N2O2S/c21-16(14-7-3-1-4-8-14)13-20-11-12-23-18(20)19-17(22)15-9-5-2-6-10-15/h1-12H,13H2. The monoisotopic (exact) mass is 322 g/mol. The summed E-state index contributed by atoms with van der Waals surface area (Å²) >= 11 is 1.33. The van der Waals surface area contributed by atoms with E-state index in [1.165, 1.54) is 11.3 Å². The van der Waals surface area contributed by atoms with E-state index >= 15 is 0 Å². The topological polar surface area (TPSA) is 51.4 Å². The van der Waals surface area contributed by atoms with Crippen LogP contribution in [0, 0.1) is 0 Å². The number of amides is 1. The van der Waals surface area contributed by atoms with Crippen molar-refractivity contribution in [2.75, 3.05) is 0 Å². The molecule has 0 bridgehead atoms. The molecule has 5 heteroatoms. The number of carbonyl (C=O) groups excluding carboxylic acids is 2. The Bertz CT molecular complexity index is 880. The van der Waals surface area contributed by atoms with Crippen LogP contribution < -0.4 is 4.80 Å². The van der Waals surface area contributed by atoms with E-state index < -0.39 is 0 Å². The van der Waals surface area contributed by atoms with Crippen LogP contribution in [0.1, 0.15) is 20.7 Å². The van der Waals surface area contributed by atoms with Crippen molar-refractivity contribution in [3.8, 4) is 0 Å². The van der Waals surface area contributed by atoms with Gasteiger partial charge in [-0.15, -0.1) is 11.3 Å². The summed E-state index contributed by atoms with van der Waals surface area (Å²) in [5, 5.41) is 1.81. The molecule has 1 aromatic heterocycles. The van der Waals surface area contributed by atoms with Gasteiger partial charge in [-0.25, -0.2) is 0 Å². The molecule has 0 unspecified atom stereocenters. The quantitative estimate of drug-likeness (QED) is 0.693. The highest BCUT2D eigenvalue weighted by molar-refractivity contribution is 7.07. The second kappa shape index (κ2) is 6.98. The van der Waals surface area contributed by atoms with E-state index in [-0.39, 0.29) is 18.2 Å². The van der Waals surface area contributed by atoms with Crippen LogP contribution in [-0.2, 0) is 6.54 Å². The van der Waals surface area contributed by atoms with Crippen molar-refractivity contribution >= 4 is 23.0 Å². The molecular weight excluding hydrogens is 308 g/mol. The first kappa shape index (κ1) is 15.1. The molecule has 0 N–H and O–H groups in total. The van der Waals surface area contributed by atoms with Crippen LogP contribution in [0.3, 0.4) is 0 Å². The first-order chi connectivity index (χ1) is 11.2. The zero-order valence-corrected chi connectivity index (χ0v) is 13.1. The molecule has 0 saturated carbocycles. The minimum atomic E-state index is -0.311. The van der Waals surface area contributed by atoms with Crippen molar-refractivity contribution in [2.45, 2.75) is 6.54 Å². The number of carbonyl (C=O) groups is 2. The fourth-order valence-corrected chi connectivity index (χ4v) is 2.84. The highest BCUT2D eigenvalue weighted by Gasteiger charge is 2.08. The summed E-state index contributed by atoms with van der Waals surface area (Å²) in [5.74, 6) is -0.327. The third-order valence-corrected chi connectivity index (χ3v) is 4.08. The zero-order valence-electron chi connectivity index (χ0n) is 12.3. The lowest BCUT2D eigenvalue weighted by atomic mass is 10.1. The minimum absolute atomic E-state index is 0.0161. The van der Waals surface area contributed by atoms with Gasteiger partial charge in [0.1, 0.15) is 0 Å².